The molecule has 0 saturated heterocycles. The Morgan fingerprint density at radius 3 is 2.22 bits per heavy atom. The van der Waals surface area contributed by atoms with Gasteiger partial charge in [-0.2, -0.15) is 0 Å². The van der Waals surface area contributed by atoms with Crippen LogP contribution in [0.2, 0.25) is 0 Å². The van der Waals surface area contributed by atoms with Crippen molar-refractivity contribution >= 4 is 5.97 Å². The molecule has 11 atom stereocenters. The van der Waals surface area contributed by atoms with E-state index in [4.69, 9.17) is 0 Å². The summed E-state index contributed by atoms with van der Waals surface area (Å²) in [5.41, 5.74) is -1.18. The van der Waals surface area contributed by atoms with Gasteiger partial charge in [0.25, 0.3) is 0 Å². The molecule has 0 aromatic rings. The van der Waals surface area contributed by atoms with Gasteiger partial charge in [0, 0.05) is 5.41 Å². The standard InChI is InChI=1S/C30H48O6/c1-25(2)13-18-17-7-8-21-26(3)14-19(32)23(34)27(4,16-31)20(26)9-10-29(21,6)28(17,5)11-12-30(18,24(35)36)15-22(25)33/h7,18-23,31-34H,8-16H2,1-6H3,(H,35,36). The Kier molecular flexibility index (Phi) is 5.77. The molecule has 0 bridgehead atoms. The van der Waals surface area contributed by atoms with Crippen molar-refractivity contribution in [3.8, 4) is 0 Å². The maximum Gasteiger partial charge on any atom is 0.310 e. The molecule has 0 aliphatic heterocycles. The number of carboxylic acid groups (broad SMARTS) is 1. The first-order valence-corrected chi connectivity index (χ1v) is 14.1. The molecule has 5 rings (SSSR count). The monoisotopic (exact) mass is 504 g/mol. The maximum atomic E-state index is 12.8. The third kappa shape index (κ3) is 3.02. The quantitative estimate of drug-likeness (QED) is 0.361. The molecular formula is C30H48O6. The summed E-state index contributed by atoms with van der Waals surface area (Å²) < 4.78 is 0. The molecule has 0 aromatic heterocycles. The molecule has 5 aliphatic carbocycles. The van der Waals surface area contributed by atoms with Crippen LogP contribution in [0.3, 0.4) is 0 Å². The van der Waals surface area contributed by atoms with Crippen molar-refractivity contribution in [3.05, 3.63) is 11.6 Å². The van der Waals surface area contributed by atoms with E-state index in [-0.39, 0.29) is 46.0 Å². The van der Waals surface area contributed by atoms with E-state index in [2.05, 4.69) is 40.7 Å². The van der Waals surface area contributed by atoms with Gasteiger partial charge >= 0.3 is 5.97 Å². The van der Waals surface area contributed by atoms with Crippen LogP contribution in [0, 0.1) is 50.2 Å². The molecule has 0 heterocycles. The van der Waals surface area contributed by atoms with Gasteiger partial charge in [-0.05, 0) is 90.8 Å². The van der Waals surface area contributed by atoms with Crippen molar-refractivity contribution in [2.45, 2.75) is 111 Å². The van der Waals surface area contributed by atoms with Crippen LogP contribution in [0.1, 0.15) is 92.9 Å². The average molecular weight is 505 g/mol. The Morgan fingerprint density at radius 2 is 1.61 bits per heavy atom. The van der Waals surface area contributed by atoms with Crippen LogP contribution in [0.4, 0.5) is 0 Å². The molecule has 4 saturated carbocycles. The number of carboxylic acids is 1. The van der Waals surface area contributed by atoms with Gasteiger partial charge in [0.2, 0.25) is 0 Å². The van der Waals surface area contributed by atoms with Gasteiger partial charge in [0.15, 0.2) is 0 Å². The van der Waals surface area contributed by atoms with Crippen LogP contribution >= 0.6 is 0 Å². The second-order valence-corrected chi connectivity index (χ2v) is 15.1. The zero-order valence-electron chi connectivity index (χ0n) is 23.0. The maximum absolute atomic E-state index is 12.8. The fourth-order valence-electron chi connectivity index (χ4n) is 10.8. The first-order valence-electron chi connectivity index (χ1n) is 14.1. The topological polar surface area (TPSA) is 118 Å². The molecule has 0 amide bonds. The number of aliphatic carboxylic acids is 1. The number of aliphatic hydroxyl groups is 4. The molecule has 0 aromatic carbocycles. The van der Waals surface area contributed by atoms with Crippen LogP contribution in [-0.2, 0) is 4.79 Å². The Balaban J connectivity index is 1.61. The lowest BCUT2D eigenvalue weighted by molar-refractivity contribution is -0.244. The van der Waals surface area contributed by atoms with Crippen LogP contribution in [0.15, 0.2) is 11.6 Å². The third-order valence-corrected chi connectivity index (χ3v) is 13.3. The summed E-state index contributed by atoms with van der Waals surface area (Å²) in [5.74, 6) is -0.478. The minimum atomic E-state index is -0.933. The molecule has 36 heavy (non-hydrogen) atoms. The van der Waals surface area contributed by atoms with Crippen molar-refractivity contribution in [1.82, 2.24) is 0 Å². The van der Waals surface area contributed by atoms with Crippen LogP contribution < -0.4 is 0 Å². The zero-order valence-corrected chi connectivity index (χ0v) is 23.0. The second-order valence-electron chi connectivity index (χ2n) is 15.1. The van der Waals surface area contributed by atoms with E-state index in [1.807, 2.05) is 6.92 Å². The highest BCUT2D eigenvalue weighted by molar-refractivity contribution is 5.77. The summed E-state index contributed by atoms with van der Waals surface area (Å²) in [6, 6.07) is 0. The number of allylic oxidation sites excluding steroid dienone is 2. The summed E-state index contributed by atoms with van der Waals surface area (Å²) in [6.07, 6.45) is 5.47. The van der Waals surface area contributed by atoms with E-state index in [9.17, 15) is 30.3 Å². The summed E-state index contributed by atoms with van der Waals surface area (Å²) in [5, 5.41) is 53.8. The number of rotatable bonds is 2. The summed E-state index contributed by atoms with van der Waals surface area (Å²) >= 11 is 0. The van der Waals surface area contributed by atoms with Gasteiger partial charge in [-0.25, -0.2) is 0 Å². The lowest BCUT2D eigenvalue weighted by atomic mass is 9.33. The lowest BCUT2D eigenvalue weighted by Gasteiger charge is -2.71. The van der Waals surface area contributed by atoms with E-state index < -0.39 is 35.1 Å². The predicted molar refractivity (Wildman–Crippen MR) is 137 cm³/mol. The fraction of sp³-hybridized carbons (Fsp3) is 0.900. The fourth-order valence-corrected chi connectivity index (χ4v) is 10.8. The first kappa shape index (κ1) is 26.6. The Hall–Kier alpha value is -0.950. The predicted octanol–water partition coefficient (Wildman–Crippen LogP) is 4.15. The van der Waals surface area contributed by atoms with Gasteiger partial charge in [-0.1, -0.05) is 53.2 Å². The molecule has 0 spiro atoms. The molecule has 11 unspecified atom stereocenters. The van der Waals surface area contributed by atoms with Gasteiger partial charge in [-0.15, -0.1) is 0 Å². The Bertz CT molecular complexity index is 974. The molecular weight excluding hydrogens is 456 g/mol. The number of aliphatic hydroxyl groups excluding tert-OH is 4. The highest BCUT2D eigenvalue weighted by Crippen LogP contribution is 2.75. The average Bonchev–Trinajstić information content (AvgIpc) is 2.79. The van der Waals surface area contributed by atoms with Crippen molar-refractivity contribution < 1.29 is 30.3 Å². The number of hydrogen-bond acceptors (Lipinski definition) is 5. The number of carbonyl (C=O) groups is 1. The number of fused-ring (bicyclic) bond motifs is 7. The van der Waals surface area contributed by atoms with Crippen molar-refractivity contribution in [2.24, 2.45) is 50.2 Å². The normalized spacial score (nSPS) is 55.9. The van der Waals surface area contributed by atoms with Gasteiger partial charge in [-0.3, -0.25) is 4.79 Å². The van der Waals surface area contributed by atoms with Gasteiger partial charge in [0.05, 0.1) is 30.3 Å². The molecule has 5 aliphatic rings. The van der Waals surface area contributed by atoms with E-state index in [0.29, 0.717) is 25.7 Å². The smallest absolute Gasteiger partial charge is 0.310 e. The third-order valence-electron chi connectivity index (χ3n) is 13.3. The zero-order chi connectivity index (χ0) is 26.7. The summed E-state index contributed by atoms with van der Waals surface area (Å²) in [6.45, 7) is 13.0. The van der Waals surface area contributed by atoms with E-state index in [1.165, 1.54) is 5.57 Å². The first-order chi connectivity index (χ1) is 16.5. The van der Waals surface area contributed by atoms with Gasteiger partial charge in [0.1, 0.15) is 0 Å². The molecule has 0 radical (unpaired) electrons. The SMILES string of the molecule is CC1(C)CC2C3=CCC4C5(C)CC(O)C(O)C(C)(CO)C5CCC4(C)C3(C)CCC2(C(=O)O)CC1O. The minimum absolute atomic E-state index is 0.0778. The lowest BCUT2D eigenvalue weighted by Crippen LogP contribution is -2.68. The van der Waals surface area contributed by atoms with E-state index in [1.54, 1.807) is 0 Å². The van der Waals surface area contributed by atoms with Crippen molar-refractivity contribution in [2.75, 3.05) is 6.61 Å². The van der Waals surface area contributed by atoms with E-state index in [0.717, 1.165) is 25.7 Å². The van der Waals surface area contributed by atoms with Crippen molar-refractivity contribution in [3.63, 3.8) is 0 Å². The second kappa shape index (κ2) is 7.80. The van der Waals surface area contributed by atoms with Gasteiger partial charge < -0.3 is 25.5 Å². The Morgan fingerprint density at radius 1 is 0.944 bits per heavy atom. The minimum Gasteiger partial charge on any atom is -0.481 e. The van der Waals surface area contributed by atoms with Crippen LogP contribution in [0.5, 0.6) is 0 Å². The molecule has 4 fully saturated rings. The Labute approximate surface area is 216 Å². The van der Waals surface area contributed by atoms with Crippen molar-refractivity contribution in [1.29, 1.82) is 0 Å². The largest absolute Gasteiger partial charge is 0.481 e. The van der Waals surface area contributed by atoms with E-state index >= 15 is 0 Å². The highest BCUT2D eigenvalue weighted by atomic mass is 16.4. The molecule has 6 heteroatoms. The summed E-state index contributed by atoms with van der Waals surface area (Å²) in [4.78, 5) is 12.8. The molecule has 6 nitrogen and oxygen atoms in total. The number of hydrogen-bond donors (Lipinski definition) is 5. The van der Waals surface area contributed by atoms with Crippen LogP contribution in [-0.4, -0.2) is 56.4 Å². The highest BCUT2D eigenvalue weighted by Gasteiger charge is 2.71. The van der Waals surface area contributed by atoms with Crippen LogP contribution in [0.25, 0.3) is 0 Å². The molecule has 204 valence electrons. The molecule has 5 N–H and O–H groups in total. The summed E-state index contributed by atoms with van der Waals surface area (Å²) in [7, 11) is 0.